The molecule has 12 heavy (non-hydrogen) atoms. The van der Waals surface area contributed by atoms with Crippen molar-refractivity contribution in [3.8, 4) is 0 Å². The molecule has 68 valence electrons. The molecule has 0 amide bonds. The van der Waals surface area contributed by atoms with Crippen LogP contribution in [0.1, 0.15) is 31.9 Å². The van der Waals surface area contributed by atoms with Crippen LogP contribution in [0.3, 0.4) is 0 Å². The van der Waals surface area contributed by atoms with Crippen LogP contribution in [0.4, 0.5) is 0 Å². The number of nitrogens with two attached hydrogens (primary N) is 1. The third kappa shape index (κ3) is 1.85. The highest BCUT2D eigenvalue weighted by molar-refractivity contribution is 5.06. The number of rotatable bonds is 4. The Balaban J connectivity index is 2.71. The van der Waals surface area contributed by atoms with E-state index in [1.165, 1.54) is 5.69 Å². The molecule has 1 aromatic heterocycles. The molecule has 0 aromatic carbocycles. The molecule has 1 rings (SSSR count). The van der Waals surface area contributed by atoms with Crippen molar-refractivity contribution >= 4 is 0 Å². The van der Waals surface area contributed by atoms with Gasteiger partial charge in [0.05, 0.1) is 0 Å². The Hall–Kier alpha value is -0.830. The third-order valence-corrected chi connectivity index (χ3v) is 2.15. The fourth-order valence-corrected chi connectivity index (χ4v) is 1.42. The Morgan fingerprint density at radius 3 is 3.00 bits per heavy atom. The minimum atomic E-state index is 0.525. The maximum absolute atomic E-state index is 5.50. The quantitative estimate of drug-likeness (QED) is 0.735. The smallest absolute Gasteiger partial charge is 0.0492 e. The molecular weight excluding hydrogens is 150 g/mol. The molecule has 3 nitrogen and oxygen atoms in total. The Morgan fingerprint density at radius 2 is 2.42 bits per heavy atom. The Morgan fingerprint density at radius 1 is 1.67 bits per heavy atom. The van der Waals surface area contributed by atoms with Crippen LogP contribution in [0.2, 0.25) is 0 Å². The zero-order valence-electron chi connectivity index (χ0n) is 7.83. The van der Waals surface area contributed by atoms with Gasteiger partial charge in [-0.3, -0.25) is 4.68 Å². The summed E-state index contributed by atoms with van der Waals surface area (Å²) >= 11 is 0. The van der Waals surface area contributed by atoms with Gasteiger partial charge in [0.1, 0.15) is 0 Å². The van der Waals surface area contributed by atoms with E-state index in [0.717, 1.165) is 19.5 Å². The standard InChI is InChI=1S/C9H17N3/c1-3-12-9(5-7-11-12)8(2)4-6-10/h5,7-8H,3-4,6,10H2,1-2H3. The number of hydrogen-bond acceptors (Lipinski definition) is 2. The van der Waals surface area contributed by atoms with Gasteiger partial charge in [0.15, 0.2) is 0 Å². The lowest BCUT2D eigenvalue weighted by molar-refractivity contribution is 0.564. The van der Waals surface area contributed by atoms with Crippen molar-refractivity contribution in [3.05, 3.63) is 18.0 Å². The SMILES string of the molecule is CCn1nccc1C(C)CCN. The second-order valence-corrected chi connectivity index (χ2v) is 3.05. The zero-order valence-corrected chi connectivity index (χ0v) is 7.83. The van der Waals surface area contributed by atoms with Gasteiger partial charge in [-0.25, -0.2) is 0 Å². The van der Waals surface area contributed by atoms with Crippen molar-refractivity contribution in [1.82, 2.24) is 9.78 Å². The van der Waals surface area contributed by atoms with Crippen LogP contribution in [0.15, 0.2) is 12.3 Å². The van der Waals surface area contributed by atoms with Crippen molar-refractivity contribution in [2.45, 2.75) is 32.7 Å². The lowest BCUT2D eigenvalue weighted by Crippen LogP contribution is -2.10. The monoisotopic (exact) mass is 167 g/mol. The first-order chi connectivity index (χ1) is 5.79. The molecular formula is C9H17N3. The Kier molecular flexibility index (Phi) is 3.29. The van der Waals surface area contributed by atoms with Crippen LogP contribution in [-0.2, 0) is 6.54 Å². The minimum absolute atomic E-state index is 0.525. The predicted molar refractivity (Wildman–Crippen MR) is 50.0 cm³/mol. The normalized spacial score (nSPS) is 13.2. The van der Waals surface area contributed by atoms with Crippen molar-refractivity contribution in [3.63, 3.8) is 0 Å². The van der Waals surface area contributed by atoms with Gasteiger partial charge in [0, 0.05) is 18.4 Å². The molecule has 0 aliphatic carbocycles. The molecule has 2 N–H and O–H groups in total. The molecule has 0 saturated heterocycles. The third-order valence-electron chi connectivity index (χ3n) is 2.15. The van der Waals surface area contributed by atoms with E-state index in [-0.39, 0.29) is 0 Å². The molecule has 1 unspecified atom stereocenters. The predicted octanol–water partition coefficient (Wildman–Crippen LogP) is 1.36. The van der Waals surface area contributed by atoms with Crippen LogP contribution in [0, 0.1) is 0 Å². The van der Waals surface area contributed by atoms with E-state index in [0.29, 0.717) is 5.92 Å². The summed E-state index contributed by atoms with van der Waals surface area (Å²) in [6.07, 6.45) is 2.89. The highest BCUT2D eigenvalue weighted by Crippen LogP contribution is 2.17. The highest BCUT2D eigenvalue weighted by atomic mass is 15.3. The topological polar surface area (TPSA) is 43.8 Å². The van der Waals surface area contributed by atoms with E-state index in [4.69, 9.17) is 5.73 Å². The summed E-state index contributed by atoms with van der Waals surface area (Å²) in [6, 6.07) is 2.07. The summed E-state index contributed by atoms with van der Waals surface area (Å²) < 4.78 is 2.03. The Labute approximate surface area is 73.6 Å². The second kappa shape index (κ2) is 4.26. The molecule has 0 fully saturated rings. The van der Waals surface area contributed by atoms with Crippen molar-refractivity contribution in [2.75, 3.05) is 6.54 Å². The van der Waals surface area contributed by atoms with E-state index < -0.39 is 0 Å². The molecule has 0 aliphatic heterocycles. The van der Waals surface area contributed by atoms with Crippen LogP contribution in [0.5, 0.6) is 0 Å². The van der Waals surface area contributed by atoms with Crippen LogP contribution >= 0.6 is 0 Å². The first-order valence-corrected chi connectivity index (χ1v) is 4.51. The average Bonchev–Trinajstić information content (AvgIpc) is 2.51. The van der Waals surface area contributed by atoms with E-state index in [1.54, 1.807) is 0 Å². The lowest BCUT2D eigenvalue weighted by Gasteiger charge is -2.11. The molecule has 1 atom stereocenters. The Bertz CT molecular complexity index is 229. The van der Waals surface area contributed by atoms with E-state index in [9.17, 15) is 0 Å². The summed E-state index contributed by atoms with van der Waals surface area (Å²) in [5.41, 5.74) is 6.79. The van der Waals surface area contributed by atoms with Crippen molar-refractivity contribution in [2.24, 2.45) is 5.73 Å². The summed E-state index contributed by atoms with van der Waals surface area (Å²) in [5.74, 6) is 0.525. The fourth-order valence-electron chi connectivity index (χ4n) is 1.42. The number of nitrogens with zero attached hydrogens (tertiary/aromatic N) is 2. The van der Waals surface area contributed by atoms with Crippen molar-refractivity contribution < 1.29 is 0 Å². The first kappa shape index (κ1) is 9.26. The largest absolute Gasteiger partial charge is 0.330 e. The summed E-state index contributed by atoms with van der Waals surface area (Å²) in [6.45, 7) is 5.98. The van der Waals surface area contributed by atoms with Gasteiger partial charge in [0.25, 0.3) is 0 Å². The molecule has 0 aliphatic rings. The number of aromatic nitrogens is 2. The minimum Gasteiger partial charge on any atom is -0.330 e. The van der Waals surface area contributed by atoms with Crippen LogP contribution in [0.25, 0.3) is 0 Å². The molecule has 0 bridgehead atoms. The molecule has 3 heteroatoms. The van der Waals surface area contributed by atoms with Gasteiger partial charge in [-0.15, -0.1) is 0 Å². The molecule has 0 saturated carbocycles. The first-order valence-electron chi connectivity index (χ1n) is 4.51. The molecule has 1 heterocycles. The fraction of sp³-hybridized carbons (Fsp3) is 0.667. The van der Waals surface area contributed by atoms with Gasteiger partial charge in [-0.05, 0) is 31.9 Å². The maximum Gasteiger partial charge on any atom is 0.0492 e. The lowest BCUT2D eigenvalue weighted by atomic mass is 10.0. The van der Waals surface area contributed by atoms with Gasteiger partial charge >= 0.3 is 0 Å². The van der Waals surface area contributed by atoms with Crippen LogP contribution < -0.4 is 5.73 Å². The van der Waals surface area contributed by atoms with Crippen LogP contribution in [-0.4, -0.2) is 16.3 Å². The summed E-state index contributed by atoms with van der Waals surface area (Å²) in [7, 11) is 0. The summed E-state index contributed by atoms with van der Waals surface area (Å²) in [5, 5.41) is 4.21. The molecule has 1 aromatic rings. The number of aryl methyl sites for hydroxylation is 1. The summed E-state index contributed by atoms with van der Waals surface area (Å²) in [4.78, 5) is 0. The molecule has 0 spiro atoms. The van der Waals surface area contributed by atoms with Gasteiger partial charge in [-0.2, -0.15) is 5.10 Å². The van der Waals surface area contributed by atoms with Gasteiger partial charge in [0.2, 0.25) is 0 Å². The van der Waals surface area contributed by atoms with E-state index >= 15 is 0 Å². The second-order valence-electron chi connectivity index (χ2n) is 3.05. The zero-order chi connectivity index (χ0) is 8.97. The average molecular weight is 167 g/mol. The van der Waals surface area contributed by atoms with E-state index in [1.807, 2.05) is 10.9 Å². The highest BCUT2D eigenvalue weighted by Gasteiger charge is 2.08. The maximum atomic E-state index is 5.50. The van der Waals surface area contributed by atoms with E-state index in [2.05, 4.69) is 25.0 Å². The van der Waals surface area contributed by atoms with Gasteiger partial charge < -0.3 is 5.73 Å². The van der Waals surface area contributed by atoms with Gasteiger partial charge in [-0.1, -0.05) is 6.92 Å². The van der Waals surface area contributed by atoms with Crippen molar-refractivity contribution in [1.29, 1.82) is 0 Å². The number of hydrogen-bond donors (Lipinski definition) is 1. The molecule has 0 radical (unpaired) electrons.